The van der Waals surface area contributed by atoms with Crippen molar-refractivity contribution in [2.24, 2.45) is 11.7 Å². The number of rotatable bonds is 5. The summed E-state index contributed by atoms with van der Waals surface area (Å²) in [5, 5.41) is 3.54. The molecular weight excluding hydrogens is 208 g/mol. The molecule has 1 aromatic rings. The summed E-state index contributed by atoms with van der Waals surface area (Å²) in [5.74, 6) is 0.558. The van der Waals surface area contributed by atoms with Crippen LogP contribution in [0, 0.1) is 5.92 Å². The summed E-state index contributed by atoms with van der Waals surface area (Å²) in [6.45, 7) is 10.6. The van der Waals surface area contributed by atoms with Gasteiger partial charge in [0.2, 0.25) is 0 Å². The van der Waals surface area contributed by atoms with Crippen LogP contribution in [0.1, 0.15) is 39.7 Å². The Labute approximate surface area is 106 Å². The molecule has 96 valence electrons. The molecule has 0 saturated carbocycles. The SMILES string of the molecule is CCC(CN)CNc1ccccc1C(C)(C)C. The molecule has 1 unspecified atom stereocenters. The largest absolute Gasteiger partial charge is 0.384 e. The maximum absolute atomic E-state index is 5.73. The zero-order valence-electron chi connectivity index (χ0n) is 11.6. The lowest BCUT2D eigenvalue weighted by Crippen LogP contribution is -2.23. The second kappa shape index (κ2) is 6.06. The van der Waals surface area contributed by atoms with Gasteiger partial charge in [-0.3, -0.25) is 0 Å². The normalized spacial score (nSPS) is 13.5. The lowest BCUT2D eigenvalue weighted by atomic mass is 9.85. The third kappa shape index (κ3) is 4.04. The summed E-state index contributed by atoms with van der Waals surface area (Å²) in [6, 6.07) is 8.54. The highest BCUT2D eigenvalue weighted by Crippen LogP contribution is 2.29. The number of nitrogens with two attached hydrogens (primary N) is 1. The van der Waals surface area contributed by atoms with Gasteiger partial charge < -0.3 is 11.1 Å². The summed E-state index contributed by atoms with van der Waals surface area (Å²) in [6.07, 6.45) is 1.13. The van der Waals surface area contributed by atoms with E-state index in [-0.39, 0.29) is 5.41 Å². The number of anilines is 1. The van der Waals surface area contributed by atoms with Gasteiger partial charge in [-0.15, -0.1) is 0 Å². The number of nitrogens with one attached hydrogen (secondary N) is 1. The monoisotopic (exact) mass is 234 g/mol. The smallest absolute Gasteiger partial charge is 0.0378 e. The lowest BCUT2D eigenvalue weighted by molar-refractivity contribution is 0.545. The Morgan fingerprint density at radius 1 is 1.24 bits per heavy atom. The van der Waals surface area contributed by atoms with Gasteiger partial charge in [0.1, 0.15) is 0 Å². The molecule has 0 aliphatic heterocycles. The van der Waals surface area contributed by atoms with E-state index in [2.05, 4.69) is 57.3 Å². The van der Waals surface area contributed by atoms with Crippen molar-refractivity contribution in [1.29, 1.82) is 0 Å². The fourth-order valence-electron chi connectivity index (χ4n) is 1.94. The van der Waals surface area contributed by atoms with Crippen LogP contribution in [0.15, 0.2) is 24.3 Å². The Balaban J connectivity index is 2.77. The van der Waals surface area contributed by atoms with E-state index in [4.69, 9.17) is 5.73 Å². The first-order valence-electron chi connectivity index (χ1n) is 6.52. The van der Waals surface area contributed by atoms with Gasteiger partial charge in [0.25, 0.3) is 0 Å². The molecule has 2 nitrogen and oxygen atoms in total. The zero-order chi connectivity index (χ0) is 12.9. The van der Waals surface area contributed by atoms with Crippen LogP contribution in [0.25, 0.3) is 0 Å². The van der Waals surface area contributed by atoms with Crippen LogP contribution in [-0.2, 0) is 5.41 Å². The van der Waals surface area contributed by atoms with Crippen LogP contribution >= 0.6 is 0 Å². The number of hydrogen-bond acceptors (Lipinski definition) is 2. The Kier molecular flexibility index (Phi) is 5.01. The van der Waals surface area contributed by atoms with E-state index in [1.54, 1.807) is 0 Å². The highest BCUT2D eigenvalue weighted by molar-refractivity contribution is 5.54. The van der Waals surface area contributed by atoms with Crippen molar-refractivity contribution < 1.29 is 0 Å². The van der Waals surface area contributed by atoms with E-state index < -0.39 is 0 Å². The standard InChI is InChI=1S/C15H26N2/c1-5-12(10-16)11-17-14-9-7-6-8-13(14)15(2,3)4/h6-9,12,17H,5,10-11,16H2,1-4H3. The van der Waals surface area contributed by atoms with Gasteiger partial charge in [-0.1, -0.05) is 52.3 Å². The van der Waals surface area contributed by atoms with Gasteiger partial charge in [-0.2, -0.15) is 0 Å². The minimum Gasteiger partial charge on any atom is -0.384 e. The summed E-state index contributed by atoms with van der Waals surface area (Å²) in [5.41, 5.74) is 8.52. The van der Waals surface area contributed by atoms with Crippen LogP contribution < -0.4 is 11.1 Å². The topological polar surface area (TPSA) is 38.0 Å². The van der Waals surface area contributed by atoms with Gasteiger partial charge in [-0.05, 0) is 29.5 Å². The molecule has 0 bridgehead atoms. The molecule has 0 radical (unpaired) electrons. The van der Waals surface area contributed by atoms with Crippen molar-refractivity contribution in [2.75, 3.05) is 18.4 Å². The molecule has 1 atom stereocenters. The average molecular weight is 234 g/mol. The molecule has 1 rings (SSSR count). The third-order valence-corrected chi connectivity index (χ3v) is 3.23. The molecule has 0 saturated heterocycles. The Hall–Kier alpha value is -1.02. The summed E-state index contributed by atoms with van der Waals surface area (Å²) in [7, 11) is 0. The summed E-state index contributed by atoms with van der Waals surface area (Å²) in [4.78, 5) is 0. The molecule has 0 aromatic heterocycles. The van der Waals surface area contributed by atoms with E-state index in [0.717, 1.165) is 19.5 Å². The minimum atomic E-state index is 0.175. The average Bonchev–Trinajstić information content (AvgIpc) is 2.29. The molecule has 0 spiro atoms. The van der Waals surface area contributed by atoms with Crippen LogP contribution in [0.2, 0.25) is 0 Å². The molecule has 0 amide bonds. The first kappa shape index (κ1) is 14.0. The number of benzene rings is 1. The van der Waals surface area contributed by atoms with Crippen LogP contribution in [0.5, 0.6) is 0 Å². The fraction of sp³-hybridized carbons (Fsp3) is 0.600. The molecule has 1 aromatic carbocycles. The minimum absolute atomic E-state index is 0.175. The van der Waals surface area contributed by atoms with Gasteiger partial charge in [0.05, 0.1) is 0 Å². The highest BCUT2D eigenvalue weighted by atomic mass is 14.9. The predicted octanol–water partition coefficient (Wildman–Crippen LogP) is 3.38. The maximum Gasteiger partial charge on any atom is 0.0378 e. The predicted molar refractivity (Wildman–Crippen MR) is 76.5 cm³/mol. The highest BCUT2D eigenvalue weighted by Gasteiger charge is 2.17. The van der Waals surface area contributed by atoms with Crippen molar-refractivity contribution in [2.45, 2.75) is 39.5 Å². The molecule has 0 aliphatic carbocycles. The van der Waals surface area contributed by atoms with Gasteiger partial charge >= 0.3 is 0 Å². The van der Waals surface area contributed by atoms with Crippen molar-refractivity contribution in [1.82, 2.24) is 0 Å². The molecule has 17 heavy (non-hydrogen) atoms. The molecular formula is C15H26N2. The van der Waals surface area contributed by atoms with E-state index in [1.165, 1.54) is 11.3 Å². The molecule has 2 heteroatoms. The Bertz CT molecular complexity index is 335. The first-order chi connectivity index (χ1) is 7.99. The van der Waals surface area contributed by atoms with Crippen molar-refractivity contribution in [3.63, 3.8) is 0 Å². The summed E-state index contributed by atoms with van der Waals surface area (Å²) >= 11 is 0. The van der Waals surface area contributed by atoms with Crippen LogP contribution in [-0.4, -0.2) is 13.1 Å². The van der Waals surface area contributed by atoms with Gasteiger partial charge in [0, 0.05) is 12.2 Å². The first-order valence-corrected chi connectivity index (χ1v) is 6.52. The van der Waals surface area contributed by atoms with Gasteiger partial charge in [-0.25, -0.2) is 0 Å². The molecule has 0 fully saturated rings. The summed E-state index contributed by atoms with van der Waals surface area (Å²) < 4.78 is 0. The van der Waals surface area contributed by atoms with E-state index in [1.807, 2.05) is 0 Å². The van der Waals surface area contributed by atoms with Crippen LogP contribution in [0.3, 0.4) is 0 Å². The van der Waals surface area contributed by atoms with E-state index in [9.17, 15) is 0 Å². The maximum atomic E-state index is 5.73. The number of hydrogen-bond donors (Lipinski definition) is 2. The molecule has 0 heterocycles. The zero-order valence-corrected chi connectivity index (χ0v) is 11.6. The molecule has 3 N–H and O–H groups in total. The Morgan fingerprint density at radius 2 is 1.88 bits per heavy atom. The Morgan fingerprint density at radius 3 is 2.41 bits per heavy atom. The van der Waals surface area contributed by atoms with Crippen molar-refractivity contribution in [3.05, 3.63) is 29.8 Å². The second-order valence-electron chi connectivity index (χ2n) is 5.69. The molecule has 0 aliphatic rings. The number of para-hydroxylation sites is 1. The fourth-order valence-corrected chi connectivity index (χ4v) is 1.94. The van der Waals surface area contributed by atoms with E-state index in [0.29, 0.717) is 5.92 Å². The quantitative estimate of drug-likeness (QED) is 0.819. The lowest BCUT2D eigenvalue weighted by Gasteiger charge is -2.24. The van der Waals surface area contributed by atoms with E-state index >= 15 is 0 Å². The van der Waals surface area contributed by atoms with Crippen molar-refractivity contribution in [3.8, 4) is 0 Å². The third-order valence-electron chi connectivity index (χ3n) is 3.23. The van der Waals surface area contributed by atoms with Gasteiger partial charge in [0.15, 0.2) is 0 Å². The van der Waals surface area contributed by atoms with Crippen molar-refractivity contribution >= 4 is 5.69 Å². The van der Waals surface area contributed by atoms with Crippen LogP contribution in [0.4, 0.5) is 5.69 Å². The second-order valence-corrected chi connectivity index (χ2v) is 5.69.